The van der Waals surface area contributed by atoms with Gasteiger partial charge in [0.05, 0.1) is 18.3 Å². The lowest BCUT2D eigenvalue weighted by Crippen LogP contribution is -2.48. The first-order valence-corrected chi connectivity index (χ1v) is 14.8. The fourth-order valence-electron chi connectivity index (χ4n) is 5.89. The molecule has 1 atom stereocenters. The van der Waals surface area contributed by atoms with Crippen molar-refractivity contribution in [3.8, 4) is 28.3 Å². The number of methoxy groups -OCH3 is 1. The summed E-state index contributed by atoms with van der Waals surface area (Å²) in [7, 11) is 3.51. The molecule has 2 aliphatic rings. The van der Waals surface area contributed by atoms with Gasteiger partial charge in [0.1, 0.15) is 23.2 Å². The topological polar surface area (TPSA) is 85.5 Å². The predicted molar refractivity (Wildman–Crippen MR) is 160 cm³/mol. The minimum absolute atomic E-state index is 0.0159. The van der Waals surface area contributed by atoms with Gasteiger partial charge in [-0.05, 0) is 55.7 Å². The van der Waals surface area contributed by atoms with E-state index in [0.717, 1.165) is 34.1 Å². The lowest BCUT2D eigenvalue weighted by Gasteiger charge is -2.36. The number of carbonyl (C=O) groups excluding carboxylic acids is 2. The van der Waals surface area contributed by atoms with Crippen LogP contribution >= 0.6 is 27.5 Å². The van der Waals surface area contributed by atoms with Gasteiger partial charge in [0, 0.05) is 54.0 Å². The molecule has 11 heteroatoms. The van der Waals surface area contributed by atoms with Crippen molar-refractivity contribution < 1.29 is 14.3 Å². The van der Waals surface area contributed by atoms with E-state index in [1.165, 1.54) is 0 Å². The van der Waals surface area contributed by atoms with E-state index in [0.29, 0.717) is 48.2 Å². The normalized spacial score (nSPS) is 17.9. The third kappa shape index (κ3) is 5.15. The number of hydrogen-bond acceptors (Lipinski definition) is 5. The first kappa shape index (κ1) is 27.5. The van der Waals surface area contributed by atoms with E-state index in [1.54, 1.807) is 24.1 Å². The van der Waals surface area contributed by atoms with E-state index in [4.69, 9.17) is 16.3 Å². The van der Waals surface area contributed by atoms with Crippen molar-refractivity contribution >= 4 is 39.3 Å². The predicted octanol–water partition coefficient (Wildman–Crippen LogP) is 5.45. The second-order valence-electron chi connectivity index (χ2n) is 10.4. The zero-order valence-electron chi connectivity index (χ0n) is 22.8. The largest absolute Gasteiger partial charge is 0.497 e. The monoisotopic (exact) mass is 636 g/mol. The molecular weight excluding hydrogens is 608 g/mol. The second kappa shape index (κ2) is 11.3. The number of piperidine rings is 1. The number of ether oxygens (including phenoxy) is 1. The molecule has 0 N–H and O–H groups in total. The van der Waals surface area contributed by atoms with Gasteiger partial charge in [0.25, 0.3) is 5.91 Å². The maximum absolute atomic E-state index is 13.5. The molecule has 2 aromatic heterocycles. The number of benzene rings is 2. The number of halogens is 2. The standard InChI is InChI=1S/C30H30BrClN6O3/c1-35-26(21-5-3-4-6-23(21)31)9-10-27(35)29(39)36-14-11-19(12-15-36)37-16-13-28(30(37)40)38-18-25(33-34-38)22-8-7-20(41-2)17-24(22)32/h3-10,17-19,28H,11-16H2,1-2H3. The Morgan fingerprint density at radius 2 is 1.80 bits per heavy atom. The minimum atomic E-state index is -0.396. The van der Waals surface area contributed by atoms with Crippen LogP contribution in [-0.2, 0) is 11.8 Å². The van der Waals surface area contributed by atoms with Gasteiger partial charge in [0.15, 0.2) is 0 Å². The van der Waals surface area contributed by atoms with E-state index >= 15 is 0 Å². The van der Waals surface area contributed by atoms with E-state index in [2.05, 4.69) is 26.2 Å². The molecule has 212 valence electrons. The van der Waals surface area contributed by atoms with Crippen LogP contribution in [0.4, 0.5) is 0 Å². The number of nitrogens with zero attached hydrogens (tertiary/aromatic N) is 6. The maximum Gasteiger partial charge on any atom is 0.270 e. The maximum atomic E-state index is 13.5. The Kier molecular flexibility index (Phi) is 7.61. The lowest BCUT2D eigenvalue weighted by molar-refractivity contribution is -0.133. The highest BCUT2D eigenvalue weighted by Gasteiger charge is 2.39. The van der Waals surface area contributed by atoms with Gasteiger partial charge in [-0.2, -0.15) is 0 Å². The van der Waals surface area contributed by atoms with Crippen LogP contribution in [0.3, 0.4) is 0 Å². The van der Waals surface area contributed by atoms with Crippen LogP contribution < -0.4 is 4.74 Å². The molecule has 6 rings (SSSR count). The number of hydrogen-bond donors (Lipinski definition) is 0. The van der Waals surface area contributed by atoms with Crippen LogP contribution in [-0.4, -0.2) is 74.0 Å². The summed E-state index contributed by atoms with van der Waals surface area (Å²) in [6, 6.07) is 17.0. The van der Waals surface area contributed by atoms with Crippen molar-refractivity contribution in [1.29, 1.82) is 0 Å². The van der Waals surface area contributed by atoms with Gasteiger partial charge in [-0.15, -0.1) is 5.10 Å². The second-order valence-corrected chi connectivity index (χ2v) is 11.7. The number of amides is 2. The Balaban J connectivity index is 1.09. The first-order valence-electron chi connectivity index (χ1n) is 13.6. The van der Waals surface area contributed by atoms with Gasteiger partial charge < -0.3 is 19.1 Å². The molecule has 0 spiro atoms. The molecular formula is C30H30BrClN6O3. The minimum Gasteiger partial charge on any atom is -0.497 e. The summed E-state index contributed by atoms with van der Waals surface area (Å²) in [6.45, 7) is 1.88. The van der Waals surface area contributed by atoms with Crippen LogP contribution in [0.2, 0.25) is 5.02 Å². The Hall–Kier alpha value is -3.63. The van der Waals surface area contributed by atoms with Crippen LogP contribution in [0.25, 0.3) is 22.5 Å². The molecule has 2 aliphatic heterocycles. The number of rotatable bonds is 6. The van der Waals surface area contributed by atoms with E-state index < -0.39 is 6.04 Å². The summed E-state index contributed by atoms with van der Waals surface area (Å²) in [6.07, 6.45) is 3.94. The molecule has 2 aromatic carbocycles. The SMILES string of the molecule is COc1ccc(-c2cn(C3CCN(C4CCN(C(=O)c5ccc(-c6ccccc6Br)n5C)CC4)C3=O)nn2)c(Cl)c1. The van der Waals surface area contributed by atoms with E-state index in [9.17, 15) is 9.59 Å². The highest BCUT2D eigenvalue weighted by Crippen LogP contribution is 2.33. The van der Waals surface area contributed by atoms with Gasteiger partial charge in [0.2, 0.25) is 5.91 Å². The molecule has 4 heterocycles. The summed E-state index contributed by atoms with van der Waals surface area (Å²) in [5.74, 6) is 0.726. The van der Waals surface area contributed by atoms with Crippen molar-refractivity contribution in [1.82, 2.24) is 29.4 Å². The summed E-state index contributed by atoms with van der Waals surface area (Å²) in [5, 5.41) is 9.05. The van der Waals surface area contributed by atoms with Gasteiger partial charge in [-0.1, -0.05) is 50.9 Å². The summed E-state index contributed by atoms with van der Waals surface area (Å²) in [4.78, 5) is 30.8. The summed E-state index contributed by atoms with van der Waals surface area (Å²) in [5.41, 5.74) is 4.03. The summed E-state index contributed by atoms with van der Waals surface area (Å²) >= 11 is 10.0. The molecule has 0 radical (unpaired) electrons. The molecule has 4 aromatic rings. The average Bonchev–Trinajstić information content (AvgIpc) is 3.71. The Morgan fingerprint density at radius 1 is 1.02 bits per heavy atom. The lowest BCUT2D eigenvalue weighted by atomic mass is 10.0. The van der Waals surface area contributed by atoms with Crippen molar-refractivity contribution in [2.45, 2.75) is 31.3 Å². The molecule has 2 saturated heterocycles. The van der Waals surface area contributed by atoms with Crippen molar-refractivity contribution in [3.63, 3.8) is 0 Å². The number of carbonyl (C=O) groups is 2. The van der Waals surface area contributed by atoms with Crippen LogP contribution in [0.5, 0.6) is 5.75 Å². The molecule has 2 amide bonds. The molecule has 0 saturated carbocycles. The van der Waals surface area contributed by atoms with Crippen LogP contribution in [0, 0.1) is 0 Å². The zero-order chi connectivity index (χ0) is 28.7. The van der Waals surface area contributed by atoms with E-state index in [1.807, 2.05) is 69.9 Å². The Morgan fingerprint density at radius 3 is 2.54 bits per heavy atom. The molecule has 0 aliphatic carbocycles. The van der Waals surface area contributed by atoms with Gasteiger partial charge >= 0.3 is 0 Å². The quantitative estimate of drug-likeness (QED) is 0.281. The van der Waals surface area contributed by atoms with Gasteiger partial charge in [-0.25, -0.2) is 4.68 Å². The third-order valence-electron chi connectivity index (χ3n) is 8.18. The third-order valence-corrected chi connectivity index (χ3v) is 9.18. The fourth-order valence-corrected chi connectivity index (χ4v) is 6.64. The number of aromatic nitrogens is 4. The molecule has 9 nitrogen and oxygen atoms in total. The first-order chi connectivity index (χ1) is 19.9. The van der Waals surface area contributed by atoms with Crippen molar-refractivity contribution in [2.75, 3.05) is 26.7 Å². The Labute approximate surface area is 251 Å². The highest BCUT2D eigenvalue weighted by molar-refractivity contribution is 9.10. The average molecular weight is 638 g/mol. The fraction of sp³-hybridized carbons (Fsp3) is 0.333. The van der Waals surface area contributed by atoms with Gasteiger partial charge in [-0.3, -0.25) is 9.59 Å². The Bertz CT molecular complexity index is 1610. The van der Waals surface area contributed by atoms with Crippen molar-refractivity contribution in [2.24, 2.45) is 7.05 Å². The summed E-state index contributed by atoms with van der Waals surface area (Å²) < 4.78 is 9.81. The molecule has 1 unspecified atom stereocenters. The van der Waals surface area contributed by atoms with E-state index in [-0.39, 0.29) is 17.9 Å². The number of likely N-dealkylation sites (tertiary alicyclic amines) is 2. The highest BCUT2D eigenvalue weighted by atomic mass is 79.9. The van der Waals surface area contributed by atoms with Crippen LogP contribution in [0.15, 0.2) is 65.3 Å². The smallest absolute Gasteiger partial charge is 0.270 e. The van der Waals surface area contributed by atoms with Crippen LogP contribution in [0.1, 0.15) is 35.8 Å². The molecule has 2 fully saturated rings. The van der Waals surface area contributed by atoms with Crippen molar-refractivity contribution in [3.05, 3.63) is 76.0 Å². The molecule has 41 heavy (non-hydrogen) atoms. The molecule has 0 bridgehead atoms. The zero-order valence-corrected chi connectivity index (χ0v) is 25.2.